The SMILES string of the molecule is CC1(C)CC(OOCc2cccc(C(=O)OC3CC(C)(C)N(O)C(C)(C)C3)c2)CC(C)(C)N1O. The zero-order chi connectivity index (χ0) is 25.5. The summed E-state index contributed by atoms with van der Waals surface area (Å²) in [6.07, 6.45) is 1.94. The molecule has 0 unspecified atom stereocenters. The Morgan fingerprint density at radius 2 is 1.32 bits per heavy atom. The summed E-state index contributed by atoms with van der Waals surface area (Å²) in [6.45, 7) is 15.9. The van der Waals surface area contributed by atoms with Gasteiger partial charge in [-0.1, -0.05) is 12.1 Å². The van der Waals surface area contributed by atoms with E-state index in [2.05, 4.69) is 0 Å². The van der Waals surface area contributed by atoms with Crippen LogP contribution >= 0.6 is 0 Å². The van der Waals surface area contributed by atoms with Crippen molar-refractivity contribution in [2.45, 2.75) is 122 Å². The lowest BCUT2D eigenvalue weighted by molar-refractivity contribution is -0.363. The predicted octanol–water partition coefficient (Wildman–Crippen LogP) is 5.11. The van der Waals surface area contributed by atoms with Crippen LogP contribution in [-0.4, -0.2) is 60.9 Å². The Morgan fingerprint density at radius 1 is 0.853 bits per heavy atom. The number of piperidine rings is 2. The van der Waals surface area contributed by atoms with Crippen molar-refractivity contribution in [3.8, 4) is 0 Å². The van der Waals surface area contributed by atoms with Crippen molar-refractivity contribution in [1.82, 2.24) is 10.1 Å². The summed E-state index contributed by atoms with van der Waals surface area (Å²) in [5.74, 6) is -0.385. The van der Waals surface area contributed by atoms with E-state index in [4.69, 9.17) is 14.5 Å². The van der Waals surface area contributed by atoms with Crippen LogP contribution in [0.15, 0.2) is 24.3 Å². The average Bonchev–Trinajstić information content (AvgIpc) is 2.69. The number of rotatable bonds is 6. The Hall–Kier alpha value is -1.55. The van der Waals surface area contributed by atoms with Crippen LogP contribution in [0, 0.1) is 0 Å². The van der Waals surface area contributed by atoms with Crippen LogP contribution < -0.4 is 0 Å². The molecule has 8 heteroatoms. The van der Waals surface area contributed by atoms with Crippen molar-refractivity contribution in [1.29, 1.82) is 0 Å². The molecule has 8 nitrogen and oxygen atoms in total. The molecule has 0 bridgehead atoms. The third kappa shape index (κ3) is 5.98. The molecule has 1 aromatic carbocycles. The number of ether oxygens (including phenoxy) is 1. The summed E-state index contributed by atoms with van der Waals surface area (Å²) in [7, 11) is 0. The van der Waals surface area contributed by atoms with E-state index in [-0.39, 0.29) is 24.8 Å². The molecular formula is C26H42N2O6. The highest BCUT2D eigenvalue weighted by atomic mass is 17.2. The summed E-state index contributed by atoms with van der Waals surface area (Å²) in [6, 6.07) is 7.16. The lowest BCUT2D eigenvalue weighted by Crippen LogP contribution is -2.60. The zero-order valence-corrected chi connectivity index (χ0v) is 21.9. The van der Waals surface area contributed by atoms with Crippen molar-refractivity contribution in [2.75, 3.05) is 0 Å². The van der Waals surface area contributed by atoms with Crippen LogP contribution in [0.1, 0.15) is 97.0 Å². The summed E-state index contributed by atoms with van der Waals surface area (Å²) in [4.78, 5) is 24.1. The predicted molar refractivity (Wildman–Crippen MR) is 127 cm³/mol. The van der Waals surface area contributed by atoms with Gasteiger partial charge in [0.15, 0.2) is 0 Å². The third-order valence-electron chi connectivity index (χ3n) is 7.07. The number of esters is 1. The highest BCUT2D eigenvalue weighted by molar-refractivity contribution is 5.89. The van der Waals surface area contributed by atoms with E-state index in [0.717, 1.165) is 5.56 Å². The summed E-state index contributed by atoms with van der Waals surface area (Å²) in [5, 5.41) is 23.7. The Labute approximate surface area is 203 Å². The van der Waals surface area contributed by atoms with E-state index in [1.54, 1.807) is 18.2 Å². The van der Waals surface area contributed by atoms with Gasteiger partial charge in [-0.3, -0.25) is 0 Å². The highest BCUT2D eigenvalue weighted by Crippen LogP contribution is 2.39. The normalized spacial score (nSPS) is 25.2. The Balaban J connectivity index is 1.56. The van der Waals surface area contributed by atoms with Crippen molar-refractivity contribution >= 4 is 5.97 Å². The first-order chi connectivity index (χ1) is 15.5. The molecule has 0 radical (unpaired) electrons. The van der Waals surface area contributed by atoms with Gasteiger partial charge in [-0.25, -0.2) is 14.6 Å². The number of carbonyl (C=O) groups is 1. The van der Waals surface area contributed by atoms with Gasteiger partial charge in [-0.2, -0.15) is 10.1 Å². The first-order valence-electron chi connectivity index (χ1n) is 12.1. The molecule has 3 rings (SSSR count). The summed E-state index contributed by atoms with van der Waals surface area (Å²) < 4.78 is 5.83. The molecule has 2 N–H and O–H groups in total. The lowest BCUT2D eigenvalue weighted by atomic mass is 9.80. The Bertz CT molecular complexity index is 846. The molecular weight excluding hydrogens is 436 g/mol. The number of benzene rings is 1. The van der Waals surface area contributed by atoms with Gasteiger partial charge < -0.3 is 15.2 Å². The fourth-order valence-electron chi connectivity index (χ4n) is 5.71. The second kappa shape index (κ2) is 9.48. The fraction of sp³-hybridized carbons (Fsp3) is 0.731. The lowest BCUT2D eigenvalue weighted by Gasteiger charge is -2.50. The van der Waals surface area contributed by atoms with Gasteiger partial charge in [0.2, 0.25) is 0 Å². The number of hydrogen-bond donors (Lipinski definition) is 2. The zero-order valence-electron chi connectivity index (χ0n) is 21.9. The molecule has 2 aliphatic rings. The minimum absolute atomic E-state index is 0.148. The van der Waals surface area contributed by atoms with Crippen LogP contribution in [0.5, 0.6) is 0 Å². The van der Waals surface area contributed by atoms with E-state index < -0.39 is 22.2 Å². The standard InChI is InChI=1S/C26H42N2O6/c1-23(2)13-20(14-24(3,4)27(23)30)33-22(29)19-11-9-10-18(12-19)17-32-34-21-15-25(5,6)28(31)26(7,8)16-21/h9-12,20-21,30-31H,13-17H2,1-8H3. The molecule has 0 saturated carbocycles. The monoisotopic (exact) mass is 478 g/mol. The molecule has 2 saturated heterocycles. The fourth-order valence-corrected chi connectivity index (χ4v) is 5.71. The summed E-state index contributed by atoms with van der Waals surface area (Å²) >= 11 is 0. The maximum atomic E-state index is 12.9. The van der Waals surface area contributed by atoms with E-state index in [9.17, 15) is 15.2 Å². The summed E-state index contributed by atoms with van der Waals surface area (Å²) in [5.41, 5.74) is -0.564. The van der Waals surface area contributed by atoms with Crippen molar-refractivity contribution in [3.63, 3.8) is 0 Å². The van der Waals surface area contributed by atoms with Crippen LogP contribution in [0.4, 0.5) is 0 Å². The molecule has 192 valence electrons. The molecule has 2 aliphatic heterocycles. The number of carbonyl (C=O) groups excluding carboxylic acids is 1. The topological polar surface area (TPSA) is 91.7 Å². The second-order valence-corrected chi connectivity index (χ2v) is 12.4. The van der Waals surface area contributed by atoms with Crippen molar-refractivity contribution < 1.29 is 29.7 Å². The van der Waals surface area contributed by atoms with Gasteiger partial charge in [0.25, 0.3) is 0 Å². The van der Waals surface area contributed by atoms with Crippen molar-refractivity contribution in [2.24, 2.45) is 0 Å². The molecule has 0 atom stereocenters. The van der Waals surface area contributed by atoms with Gasteiger partial charge >= 0.3 is 5.97 Å². The Morgan fingerprint density at radius 3 is 1.82 bits per heavy atom. The largest absolute Gasteiger partial charge is 0.459 e. The van der Waals surface area contributed by atoms with E-state index in [0.29, 0.717) is 31.2 Å². The van der Waals surface area contributed by atoms with E-state index in [1.807, 2.05) is 61.5 Å². The van der Waals surface area contributed by atoms with Gasteiger partial charge in [0.1, 0.15) is 12.7 Å². The number of hydroxylamine groups is 4. The van der Waals surface area contributed by atoms with Crippen molar-refractivity contribution in [3.05, 3.63) is 35.4 Å². The van der Waals surface area contributed by atoms with Crippen LogP contribution in [0.3, 0.4) is 0 Å². The first-order valence-corrected chi connectivity index (χ1v) is 12.1. The molecule has 0 amide bonds. The number of nitrogens with zero attached hydrogens (tertiary/aromatic N) is 2. The van der Waals surface area contributed by atoms with Gasteiger partial charge in [-0.15, -0.1) is 0 Å². The molecule has 0 aliphatic carbocycles. The maximum Gasteiger partial charge on any atom is 0.338 e. The minimum atomic E-state index is -0.491. The molecule has 0 aromatic heterocycles. The van der Waals surface area contributed by atoms with Gasteiger partial charge in [-0.05, 0) is 85.9 Å². The van der Waals surface area contributed by atoms with E-state index >= 15 is 0 Å². The van der Waals surface area contributed by atoms with Gasteiger partial charge in [0.05, 0.1) is 11.7 Å². The van der Waals surface area contributed by atoms with Crippen LogP contribution in [0.25, 0.3) is 0 Å². The highest BCUT2D eigenvalue weighted by Gasteiger charge is 2.47. The van der Waals surface area contributed by atoms with Crippen LogP contribution in [0.2, 0.25) is 0 Å². The molecule has 34 heavy (non-hydrogen) atoms. The maximum absolute atomic E-state index is 12.9. The molecule has 2 heterocycles. The smallest absolute Gasteiger partial charge is 0.338 e. The average molecular weight is 479 g/mol. The number of hydrogen-bond acceptors (Lipinski definition) is 8. The molecule has 2 fully saturated rings. The van der Waals surface area contributed by atoms with Crippen LogP contribution in [-0.2, 0) is 21.1 Å². The quantitative estimate of drug-likeness (QED) is 0.331. The first kappa shape index (κ1) is 27.0. The second-order valence-electron chi connectivity index (χ2n) is 12.4. The minimum Gasteiger partial charge on any atom is -0.459 e. The third-order valence-corrected chi connectivity index (χ3v) is 7.07. The van der Waals surface area contributed by atoms with E-state index in [1.165, 1.54) is 10.1 Å². The molecule has 0 spiro atoms. The molecule has 1 aromatic rings. The van der Waals surface area contributed by atoms with Gasteiger partial charge in [0, 0.05) is 35.0 Å². The Kier molecular flexibility index (Phi) is 7.54.